The number of nitrogens with one attached hydrogen (secondary N) is 2. The molecule has 0 aromatic heterocycles. The Bertz CT molecular complexity index is 411. The molecule has 2 rings (SSSR count). The molecule has 0 bridgehead atoms. The van der Waals surface area contributed by atoms with Crippen molar-refractivity contribution in [2.75, 3.05) is 6.54 Å². The number of hydrogen-bond acceptors (Lipinski definition) is 2. The van der Waals surface area contributed by atoms with Gasteiger partial charge in [-0.15, -0.1) is 0 Å². The maximum Gasteiger partial charge on any atom is 0.220 e. The van der Waals surface area contributed by atoms with Gasteiger partial charge in [-0.25, -0.2) is 0 Å². The van der Waals surface area contributed by atoms with Crippen LogP contribution in [0.4, 0.5) is 0 Å². The molecular weight excluding hydrogens is 236 g/mol. The fraction of sp³-hybridized carbons (Fsp3) is 0.562. The molecule has 1 fully saturated rings. The van der Waals surface area contributed by atoms with Crippen molar-refractivity contribution in [3.63, 3.8) is 0 Å². The Balaban J connectivity index is 1.73. The molecule has 1 aromatic carbocycles. The summed E-state index contributed by atoms with van der Waals surface area (Å²) in [5, 5.41) is 6.45. The van der Waals surface area contributed by atoms with Crippen LogP contribution in [0, 0.1) is 0 Å². The van der Waals surface area contributed by atoms with Gasteiger partial charge in [0.25, 0.3) is 0 Å². The zero-order chi connectivity index (χ0) is 13.5. The van der Waals surface area contributed by atoms with Crippen LogP contribution in [0.25, 0.3) is 0 Å². The summed E-state index contributed by atoms with van der Waals surface area (Å²) in [7, 11) is 0. The Kier molecular flexibility index (Phi) is 5.40. The number of hydrogen-bond donors (Lipinski definition) is 2. The largest absolute Gasteiger partial charge is 0.352 e. The summed E-state index contributed by atoms with van der Waals surface area (Å²) >= 11 is 0. The van der Waals surface area contributed by atoms with Crippen molar-refractivity contribution in [1.82, 2.24) is 10.6 Å². The van der Waals surface area contributed by atoms with Crippen LogP contribution in [0.2, 0.25) is 0 Å². The van der Waals surface area contributed by atoms with Crippen LogP contribution in [-0.2, 0) is 17.8 Å². The predicted molar refractivity (Wildman–Crippen MR) is 77.9 cm³/mol. The minimum Gasteiger partial charge on any atom is -0.352 e. The molecule has 1 aliphatic heterocycles. The van der Waals surface area contributed by atoms with E-state index in [0.717, 1.165) is 19.4 Å². The highest BCUT2D eigenvalue weighted by molar-refractivity contribution is 5.75. The third kappa shape index (κ3) is 4.35. The summed E-state index contributed by atoms with van der Waals surface area (Å²) in [5.74, 6) is 0.166. The molecule has 104 valence electrons. The first kappa shape index (κ1) is 14.1. The number of carbonyl (C=O) groups is 1. The lowest BCUT2D eigenvalue weighted by molar-refractivity contribution is -0.121. The molecule has 0 radical (unpaired) electrons. The maximum absolute atomic E-state index is 11.8. The van der Waals surface area contributed by atoms with E-state index in [1.165, 1.54) is 24.0 Å². The van der Waals surface area contributed by atoms with E-state index < -0.39 is 0 Å². The Hall–Kier alpha value is -1.35. The minimum atomic E-state index is 0.166. The van der Waals surface area contributed by atoms with Crippen molar-refractivity contribution < 1.29 is 4.79 Å². The van der Waals surface area contributed by atoms with Gasteiger partial charge in [0.2, 0.25) is 5.91 Å². The van der Waals surface area contributed by atoms with Crippen molar-refractivity contribution in [3.05, 3.63) is 35.4 Å². The van der Waals surface area contributed by atoms with Gasteiger partial charge >= 0.3 is 0 Å². The Morgan fingerprint density at radius 3 is 2.84 bits per heavy atom. The SMILES string of the molecule is CCc1ccccc1CNC(=O)CCC1CCCN1. The van der Waals surface area contributed by atoms with E-state index in [1.807, 2.05) is 6.07 Å². The van der Waals surface area contributed by atoms with Crippen molar-refractivity contribution >= 4 is 5.91 Å². The van der Waals surface area contributed by atoms with E-state index in [0.29, 0.717) is 19.0 Å². The molecule has 19 heavy (non-hydrogen) atoms. The Labute approximate surface area is 115 Å². The fourth-order valence-electron chi connectivity index (χ4n) is 2.67. The number of aryl methyl sites for hydroxylation is 1. The third-order valence-electron chi connectivity index (χ3n) is 3.86. The van der Waals surface area contributed by atoms with Gasteiger partial charge in [0.05, 0.1) is 0 Å². The molecule has 0 spiro atoms. The van der Waals surface area contributed by atoms with Crippen LogP contribution in [0.3, 0.4) is 0 Å². The molecule has 2 N–H and O–H groups in total. The quantitative estimate of drug-likeness (QED) is 0.824. The second kappa shape index (κ2) is 7.29. The van der Waals surface area contributed by atoms with E-state index in [9.17, 15) is 4.79 Å². The molecule has 0 aliphatic carbocycles. The van der Waals surface area contributed by atoms with Crippen LogP contribution in [0.15, 0.2) is 24.3 Å². The van der Waals surface area contributed by atoms with Gasteiger partial charge in [0, 0.05) is 19.0 Å². The lowest BCUT2D eigenvalue weighted by Crippen LogP contribution is -2.27. The second-order valence-corrected chi connectivity index (χ2v) is 5.23. The van der Waals surface area contributed by atoms with Crippen LogP contribution < -0.4 is 10.6 Å². The van der Waals surface area contributed by atoms with Gasteiger partial charge < -0.3 is 10.6 Å². The van der Waals surface area contributed by atoms with Gasteiger partial charge in [-0.3, -0.25) is 4.79 Å². The highest BCUT2D eigenvalue weighted by Gasteiger charge is 2.15. The topological polar surface area (TPSA) is 41.1 Å². The number of benzene rings is 1. The summed E-state index contributed by atoms with van der Waals surface area (Å²) < 4.78 is 0. The minimum absolute atomic E-state index is 0.166. The van der Waals surface area contributed by atoms with E-state index in [2.05, 4.69) is 35.8 Å². The first-order valence-corrected chi connectivity index (χ1v) is 7.36. The molecule has 3 nitrogen and oxygen atoms in total. The van der Waals surface area contributed by atoms with Crippen LogP contribution in [0.5, 0.6) is 0 Å². The molecular formula is C16H24N2O. The molecule has 0 saturated carbocycles. The molecule has 3 heteroatoms. The normalized spacial score (nSPS) is 18.5. The number of rotatable bonds is 6. The maximum atomic E-state index is 11.8. The fourth-order valence-corrected chi connectivity index (χ4v) is 2.67. The lowest BCUT2D eigenvalue weighted by Gasteiger charge is -2.11. The predicted octanol–water partition coefficient (Wildman–Crippen LogP) is 2.40. The molecule has 1 atom stereocenters. The monoisotopic (exact) mass is 260 g/mol. The third-order valence-corrected chi connectivity index (χ3v) is 3.86. The smallest absolute Gasteiger partial charge is 0.220 e. The Morgan fingerprint density at radius 2 is 2.16 bits per heavy atom. The van der Waals surface area contributed by atoms with E-state index in [1.54, 1.807) is 0 Å². The second-order valence-electron chi connectivity index (χ2n) is 5.23. The summed E-state index contributed by atoms with van der Waals surface area (Å²) in [6, 6.07) is 8.86. The summed E-state index contributed by atoms with van der Waals surface area (Å²) in [6.45, 7) is 3.91. The van der Waals surface area contributed by atoms with Crippen molar-refractivity contribution in [2.24, 2.45) is 0 Å². The lowest BCUT2D eigenvalue weighted by atomic mass is 10.1. The van der Waals surface area contributed by atoms with Gasteiger partial charge in [-0.1, -0.05) is 31.2 Å². The zero-order valence-corrected chi connectivity index (χ0v) is 11.7. The number of amides is 1. The highest BCUT2D eigenvalue weighted by Crippen LogP contribution is 2.11. The van der Waals surface area contributed by atoms with Crippen molar-refractivity contribution in [1.29, 1.82) is 0 Å². The highest BCUT2D eigenvalue weighted by atomic mass is 16.1. The average molecular weight is 260 g/mol. The van der Waals surface area contributed by atoms with Crippen LogP contribution in [-0.4, -0.2) is 18.5 Å². The molecule has 1 aromatic rings. The first-order chi connectivity index (χ1) is 9.29. The van der Waals surface area contributed by atoms with Gasteiger partial charge in [0.1, 0.15) is 0 Å². The summed E-state index contributed by atoms with van der Waals surface area (Å²) in [6.07, 6.45) is 5.06. The molecule has 1 saturated heterocycles. The molecule has 1 unspecified atom stereocenters. The zero-order valence-electron chi connectivity index (χ0n) is 11.7. The summed E-state index contributed by atoms with van der Waals surface area (Å²) in [5.41, 5.74) is 2.55. The summed E-state index contributed by atoms with van der Waals surface area (Å²) in [4.78, 5) is 11.8. The molecule has 1 heterocycles. The molecule has 1 aliphatic rings. The standard InChI is InChI=1S/C16H24N2O/c1-2-13-6-3-4-7-14(13)12-18-16(19)10-9-15-8-5-11-17-15/h3-4,6-7,15,17H,2,5,8-12H2,1H3,(H,18,19). The van der Waals surface area contributed by atoms with Gasteiger partial charge in [-0.2, -0.15) is 0 Å². The van der Waals surface area contributed by atoms with Crippen LogP contribution in [0.1, 0.15) is 43.7 Å². The van der Waals surface area contributed by atoms with Crippen molar-refractivity contribution in [3.8, 4) is 0 Å². The van der Waals surface area contributed by atoms with Crippen LogP contribution >= 0.6 is 0 Å². The van der Waals surface area contributed by atoms with Crippen molar-refractivity contribution in [2.45, 2.75) is 51.6 Å². The van der Waals surface area contributed by atoms with Gasteiger partial charge in [-0.05, 0) is 43.4 Å². The van der Waals surface area contributed by atoms with E-state index in [-0.39, 0.29) is 5.91 Å². The van der Waals surface area contributed by atoms with E-state index >= 15 is 0 Å². The molecule has 1 amide bonds. The number of carbonyl (C=O) groups excluding carboxylic acids is 1. The average Bonchev–Trinajstić information content (AvgIpc) is 2.96. The Morgan fingerprint density at radius 1 is 1.37 bits per heavy atom. The first-order valence-electron chi connectivity index (χ1n) is 7.36. The van der Waals surface area contributed by atoms with E-state index in [4.69, 9.17) is 0 Å². The van der Waals surface area contributed by atoms with Gasteiger partial charge in [0.15, 0.2) is 0 Å².